The summed E-state index contributed by atoms with van der Waals surface area (Å²) in [5, 5.41) is 5.24. The van der Waals surface area contributed by atoms with Crippen LogP contribution >= 0.6 is 17.0 Å². The summed E-state index contributed by atoms with van der Waals surface area (Å²) in [4.78, 5) is 0. The third kappa shape index (κ3) is 6.24. The molecule has 0 aromatic heterocycles. The number of rotatable bonds is 10. The Bertz CT molecular complexity index is 1880. The minimum absolute atomic E-state index is 0. The van der Waals surface area contributed by atoms with E-state index in [2.05, 4.69) is 123 Å². The Hall–Kier alpha value is -4.12. The van der Waals surface area contributed by atoms with Gasteiger partial charge in [0.05, 0.1) is 27.3 Å². The smallest absolute Gasteiger partial charge is 0.118 e. The fraction of sp³-hybridized carbons (Fsp3) is 0.273. The van der Waals surface area contributed by atoms with Crippen LogP contribution in [0.15, 0.2) is 109 Å². The van der Waals surface area contributed by atoms with Crippen molar-refractivity contribution in [3.8, 4) is 44.9 Å². The first kappa shape index (κ1) is 33.8. The van der Waals surface area contributed by atoms with Gasteiger partial charge in [0.25, 0.3) is 0 Å². The fourth-order valence-electron chi connectivity index (χ4n) is 7.88. The van der Waals surface area contributed by atoms with Crippen LogP contribution in [0.4, 0.5) is 0 Å². The summed E-state index contributed by atoms with van der Waals surface area (Å²) in [6.45, 7) is 9.02. The molecule has 1 aliphatic heterocycles. The highest BCUT2D eigenvalue weighted by Gasteiger charge is 2.37. The molecular weight excluding hydrogens is 654 g/mol. The Morgan fingerprint density at radius 1 is 0.542 bits per heavy atom. The molecule has 0 unspecified atom stereocenters. The van der Waals surface area contributed by atoms with Crippen molar-refractivity contribution in [2.24, 2.45) is 0 Å². The van der Waals surface area contributed by atoms with E-state index in [0.717, 1.165) is 29.1 Å². The largest absolute Gasteiger partial charge is 0.497 e. The Balaban J connectivity index is 0.00000401. The first-order valence-corrected chi connectivity index (χ1v) is 17.3. The van der Waals surface area contributed by atoms with E-state index in [4.69, 9.17) is 9.47 Å². The average Bonchev–Trinajstić information content (AvgIpc) is 3.28. The molecule has 0 saturated heterocycles. The van der Waals surface area contributed by atoms with Gasteiger partial charge in [0.2, 0.25) is 0 Å². The summed E-state index contributed by atoms with van der Waals surface area (Å²) in [5.74, 6) is 1.77. The van der Waals surface area contributed by atoms with Crippen LogP contribution in [0.5, 0.6) is 11.5 Å². The van der Waals surface area contributed by atoms with Gasteiger partial charge in [0.1, 0.15) is 24.6 Å². The second-order valence-corrected chi connectivity index (χ2v) is 13.3. The molecule has 0 atom stereocenters. The first-order chi connectivity index (χ1) is 23.1. The molecule has 1 heterocycles. The van der Waals surface area contributed by atoms with Crippen molar-refractivity contribution < 1.29 is 14.0 Å². The van der Waals surface area contributed by atoms with Gasteiger partial charge < -0.3 is 14.0 Å². The molecule has 3 nitrogen and oxygen atoms in total. The molecule has 0 N–H and O–H groups in total. The molecule has 0 radical (unpaired) electrons. The number of quaternary nitrogens is 1. The number of hydrogen-bond acceptors (Lipinski definition) is 2. The average molecular weight is 702 g/mol. The van der Waals surface area contributed by atoms with Crippen molar-refractivity contribution in [2.45, 2.75) is 52.6 Å². The van der Waals surface area contributed by atoms with Crippen molar-refractivity contribution in [3.05, 3.63) is 120 Å². The standard InChI is InChI=1S/C44H46NO2.BrH/c1-5-7-25-45(26-8-6-2)29-41-39(31-17-21-35(46-3)22-18-31)27-33-13-9-11-15-37(33)43(41)44-38-16-12-10-14-34(38)28-40(42(44)30-45)32-19-23-36(47-4)24-20-32;/h9-24,27-28H,5-8,25-26,29-30H2,1-4H3;1H/q+1;. The predicted molar refractivity (Wildman–Crippen MR) is 208 cm³/mol. The van der Waals surface area contributed by atoms with Crippen LogP contribution in [-0.2, 0) is 13.1 Å². The van der Waals surface area contributed by atoms with Gasteiger partial charge in [-0.05, 0) is 93.0 Å². The maximum atomic E-state index is 5.58. The quantitative estimate of drug-likeness (QED) is 0.132. The van der Waals surface area contributed by atoms with Crippen LogP contribution in [0, 0.1) is 0 Å². The lowest BCUT2D eigenvalue weighted by molar-refractivity contribution is -0.953. The molecule has 1 aliphatic rings. The molecule has 0 saturated carbocycles. The lowest BCUT2D eigenvalue weighted by Crippen LogP contribution is -2.47. The van der Waals surface area contributed by atoms with Crippen molar-refractivity contribution in [1.29, 1.82) is 0 Å². The topological polar surface area (TPSA) is 18.5 Å². The van der Waals surface area contributed by atoms with Gasteiger partial charge in [0.15, 0.2) is 0 Å². The maximum Gasteiger partial charge on any atom is 0.118 e. The van der Waals surface area contributed by atoms with Gasteiger partial charge in [-0.15, -0.1) is 17.0 Å². The van der Waals surface area contributed by atoms with E-state index >= 15 is 0 Å². The second kappa shape index (κ2) is 14.6. The van der Waals surface area contributed by atoms with E-state index in [1.807, 2.05) is 0 Å². The number of ether oxygens (including phenoxy) is 2. The van der Waals surface area contributed by atoms with E-state index in [-0.39, 0.29) is 17.0 Å². The number of unbranched alkanes of at least 4 members (excludes halogenated alkanes) is 2. The van der Waals surface area contributed by atoms with Crippen molar-refractivity contribution in [2.75, 3.05) is 27.3 Å². The maximum absolute atomic E-state index is 5.58. The molecule has 0 bridgehead atoms. The number of halogens is 1. The summed E-state index contributed by atoms with van der Waals surface area (Å²) in [7, 11) is 3.49. The van der Waals surface area contributed by atoms with E-state index < -0.39 is 0 Å². The predicted octanol–water partition coefficient (Wildman–Crippen LogP) is 12.0. The van der Waals surface area contributed by atoms with Crippen LogP contribution in [0.3, 0.4) is 0 Å². The Morgan fingerprint density at radius 2 is 0.938 bits per heavy atom. The molecular formula is C44H47BrNO2+. The molecule has 0 aliphatic carbocycles. The molecule has 7 rings (SSSR count). The molecule has 6 aromatic carbocycles. The fourth-order valence-corrected chi connectivity index (χ4v) is 7.88. The van der Waals surface area contributed by atoms with E-state index in [1.165, 1.54) is 105 Å². The number of benzene rings is 6. The number of nitrogens with zero attached hydrogens (tertiary/aromatic N) is 1. The van der Waals surface area contributed by atoms with Gasteiger partial charge in [0, 0.05) is 22.3 Å². The molecule has 246 valence electrons. The van der Waals surface area contributed by atoms with Crippen LogP contribution in [-0.4, -0.2) is 31.8 Å². The van der Waals surface area contributed by atoms with E-state index in [0.29, 0.717) is 0 Å². The SMILES string of the molecule is Br.CCCC[N+]1(CCCC)Cc2c(-c3ccc(OC)cc3)cc3ccccc3c2-c2c(c(-c3ccc(OC)cc3)cc3ccccc23)C1. The zero-order valence-corrected chi connectivity index (χ0v) is 30.4. The molecule has 0 spiro atoms. The summed E-state index contributed by atoms with van der Waals surface area (Å²) >= 11 is 0. The second-order valence-electron chi connectivity index (χ2n) is 13.3. The van der Waals surface area contributed by atoms with Crippen LogP contribution in [0.25, 0.3) is 54.9 Å². The van der Waals surface area contributed by atoms with E-state index in [1.54, 1.807) is 14.2 Å². The van der Waals surface area contributed by atoms with Crippen molar-refractivity contribution >= 4 is 38.5 Å². The van der Waals surface area contributed by atoms with Crippen LogP contribution < -0.4 is 9.47 Å². The minimum atomic E-state index is 0. The lowest BCUT2D eigenvalue weighted by atomic mass is 9.82. The number of hydrogen-bond donors (Lipinski definition) is 0. The van der Waals surface area contributed by atoms with Crippen molar-refractivity contribution in [1.82, 2.24) is 0 Å². The Morgan fingerprint density at radius 3 is 1.31 bits per heavy atom. The molecule has 4 heteroatoms. The van der Waals surface area contributed by atoms with Crippen molar-refractivity contribution in [3.63, 3.8) is 0 Å². The zero-order valence-electron chi connectivity index (χ0n) is 28.7. The van der Waals surface area contributed by atoms with Gasteiger partial charge in [-0.3, -0.25) is 0 Å². The van der Waals surface area contributed by atoms with Crippen LogP contribution in [0.2, 0.25) is 0 Å². The van der Waals surface area contributed by atoms with E-state index in [9.17, 15) is 0 Å². The minimum Gasteiger partial charge on any atom is -0.497 e. The monoisotopic (exact) mass is 700 g/mol. The van der Waals surface area contributed by atoms with Crippen LogP contribution in [0.1, 0.15) is 50.7 Å². The number of fused-ring (bicyclic) bond motifs is 7. The summed E-state index contributed by atoms with van der Waals surface area (Å²) < 4.78 is 12.2. The van der Waals surface area contributed by atoms with Gasteiger partial charge >= 0.3 is 0 Å². The normalized spacial score (nSPS) is 13.3. The molecule has 48 heavy (non-hydrogen) atoms. The molecule has 0 fully saturated rings. The highest BCUT2D eigenvalue weighted by molar-refractivity contribution is 8.93. The molecule has 0 amide bonds. The number of methoxy groups -OCH3 is 2. The lowest BCUT2D eigenvalue weighted by Gasteiger charge is -2.39. The summed E-state index contributed by atoms with van der Waals surface area (Å²) in [5.41, 5.74) is 10.9. The first-order valence-electron chi connectivity index (χ1n) is 17.3. The summed E-state index contributed by atoms with van der Waals surface area (Å²) in [6.07, 6.45) is 4.81. The zero-order chi connectivity index (χ0) is 32.4. The highest BCUT2D eigenvalue weighted by Crippen LogP contribution is 2.50. The van der Waals surface area contributed by atoms with Gasteiger partial charge in [-0.25, -0.2) is 0 Å². The highest BCUT2D eigenvalue weighted by atomic mass is 79.9. The third-order valence-corrected chi connectivity index (χ3v) is 10.3. The third-order valence-electron chi connectivity index (χ3n) is 10.3. The van der Waals surface area contributed by atoms with Gasteiger partial charge in [-0.1, -0.05) is 99.5 Å². The Kier molecular flexibility index (Phi) is 10.2. The molecule has 6 aromatic rings. The summed E-state index contributed by atoms with van der Waals surface area (Å²) in [6, 6.07) is 40.4. The van der Waals surface area contributed by atoms with Gasteiger partial charge in [-0.2, -0.15) is 0 Å². The Labute approximate surface area is 296 Å².